The number of hydrogen-bond donors (Lipinski definition) is 1. The first kappa shape index (κ1) is 18.5. The highest BCUT2D eigenvalue weighted by atomic mass is 16.2. The molecule has 0 radical (unpaired) electrons. The van der Waals surface area contributed by atoms with Crippen LogP contribution in [0.15, 0.2) is 18.7 Å². The topological polar surface area (TPSA) is 68.0 Å². The molecule has 7 heteroatoms. The minimum atomic E-state index is 0.0300. The van der Waals surface area contributed by atoms with Crippen molar-refractivity contribution in [2.24, 2.45) is 5.92 Å². The summed E-state index contributed by atoms with van der Waals surface area (Å²) < 4.78 is 4.14. The fourth-order valence-electron chi connectivity index (χ4n) is 3.79. The van der Waals surface area contributed by atoms with Crippen molar-refractivity contribution in [3.63, 3.8) is 0 Å². The zero-order valence-corrected chi connectivity index (χ0v) is 16.1. The Hall–Kier alpha value is -2.31. The van der Waals surface area contributed by atoms with Crippen LogP contribution in [-0.2, 0) is 19.6 Å². The van der Waals surface area contributed by atoms with E-state index in [4.69, 9.17) is 0 Å². The van der Waals surface area contributed by atoms with E-state index in [0.717, 1.165) is 62.4 Å². The molecule has 1 fully saturated rings. The number of amides is 2. The van der Waals surface area contributed by atoms with E-state index in [1.54, 1.807) is 6.20 Å². The number of carbonyl (C=O) groups excluding carboxylic acids is 1. The Labute approximate surface area is 155 Å². The minimum absolute atomic E-state index is 0.0300. The number of nitrogens with zero attached hydrogens (tertiary/aromatic N) is 5. The summed E-state index contributed by atoms with van der Waals surface area (Å²) >= 11 is 0. The molecule has 0 spiro atoms. The first-order chi connectivity index (χ1) is 12.6. The smallest absolute Gasteiger partial charge is 0.317 e. The number of nitrogens with one attached hydrogen (secondary N) is 1. The molecule has 2 aromatic heterocycles. The number of carbonyl (C=O) groups is 1. The third-order valence-corrected chi connectivity index (χ3v) is 5.22. The molecule has 7 nitrogen and oxygen atoms in total. The molecule has 0 bridgehead atoms. The second-order valence-electron chi connectivity index (χ2n) is 7.24. The molecular formula is C19H30N6O. The van der Waals surface area contributed by atoms with Crippen LogP contribution in [0, 0.1) is 19.8 Å². The fourth-order valence-corrected chi connectivity index (χ4v) is 3.79. The molecule has 2 amide bonds. The van der Waals surface area contributed by atoms with Crippen LogP contribution in [-0.4, -0.2) is 43.4 Å². The predicted molar refractivity (Wildman–Crippen MR) is 101 cm³/mol. The standard InChI is InChI=1S/C19H30N6O/c1-4-8-25-16(3)18(15(2)22-25)11-21-19(26)24-9-5-6-17(13-24)12-23-10-7-20-14-23/h7,10,14,17H,4-6,8-9,11-13H2,1-3H3,(H,21,26). The quantitative estimate of drug-likeness (QED) is 0.863. The second kappa shape index (κ2) is 8.38. The molecule has 1 aliphatic heterocycles. The number of piperidine rings is 1. The van der Waals surface area contributed by atoms with Gasteiger partial charge in [0.05, 0.1) is 12.0 Å². The van der Waals surface area contributed by atoms with Crippen LogP contribution in [0.25, 0.3) is 0 Å². The molecule has 2 aromatic rings. The zero-order chi connectivity index (χ0) is 18.5. The van der Waals surface area contributed by atoms with Crippen LogP contribution >= 0.6 is 0 Å². The highest BCUT2D eigenvalue weighted by Crippen LogP contribution is 2.19. The molecule has 1 aliphatic rings. The lowest BCUT2D eigenvalue weighted by atomic mass is 9.98. The average Bonchev–Trinajstić information content (AvgIpc) is 3.22. The van der Waals surface area contributed by atoms with Gasteiger partial charge in [0.15, 0.2) is 0 Å². The Morgan fingerprint density at radius 1 is 1.38 bits per heavy atom. The number of aromatic nitrogens is 4. The van der Waals surface area contributed by atoms with Gasteiger partial charge in [-0.25, -0.2) is 9.78 Å². The van der Waals surface area contributed by atoms with Crippen molar-refractivity contribution in [2.45, 2.75) is 59.7 Å². The van der Waals surface area contributed by atoms with Crippen LogP contribution in [0.4, 0.5) is 4.79 Å². The fraction of sp³-hybridized carbons (Fsp3) is 0.632. The Bertz CT molecular complexity index is 721. The lowest BCUT2D eigenvalue weighted by Gasteiger charge is -2.33. The molecule has 26 heavy (non-hydrogen) atoms. The number of hydrogen-bond acceptors (Lipinski definition) is 3. The third-order valence-electron chi connectivity index (χ3n) is 5.22. The molecule has 0 aliphatic carbocycles. The van der Waals surface area contributed by atoms with Gasteiger partial charge in [0, 0.05) is 56.4 Å². The van der Waals surface area contributed by atoms with E-state index >= 15 is 0 Å². The van der Waals surface area contributed by atoms with Crippen LogP contribution < -0.4 is 5.32 Å². The molecule has 3 rings (SSSR count). The number of imidazole rings is 1. The summed E-state index contributed by atoms with van der Waals surface area (Å²) in [7, 11) is 0. The molecule has 3 heterocycles. The van der Waals surface area contributed by atoms with Crippen molar-refractivity contribution < 1.29 is 4.79 Å². The van der Waals surface area contributed by atoms with Crippen LogP contribution in [0.1, 0.15) is 43.1 Å². The van der Waals surface area contributed by atoms with E-state index in [0.29, 0.717) is 12.5 Å². The molecule has 0 saturated carbocycles. The molecule has 1 saturated heterocycles. The van der Waals surface area contributed by atoms with Gasteiger partial charge < -0.3 is 14.8 Å². The van der Waals surface area contributed by atoms with Crippen LogP contribution in [0.2, 0.25) is 0 Å². The molecular weight excluding hydrogens is 328 g/mol. The number of urea groups is 1. The Balaban J connectivity index is 1.54. The van der Waals surface area contributed by atoms with Gasteiger partial charge >= 0.3 is 6.03 Å². The monoisotopic (exact) mass is 358 g/mol. The average molecular weight is 358 g/mol. The van der Waals surface area contributed by atoms with Gasteiger partial charge in [-0.05, 0) is 39.0 Å². The summed E-state index contributed by atoms with van der Waals surface area (Å²) in [5, 5.41) is 7.69. The molecule has 142 valence electrons. The van der Waals surface area contributed by atoms with E-state index in [9.17, 15) is 4.79 Å². The highest BCUT2D eigenvalue weighted by Gasteiger charge is 2.24. The van der Waals surface area contributed by atoms with Gasteiger partial charge in [-0.2, -0.15) is 5.10 Å². The van der Waals surface area contributed by atoms with Crippen LogP contribution in [0.5, 0.6) is 0 Å². The van der Waals surface area contributed by atoms with Crippen molar-refractivity contribution in [1.82, 2.24) is 29.5 Å². The van der Waals surface area contributed by atoms with E-state index in [-0.39, 0.29) is 6.03 Å². The maximum Gasteiger partial charge on any atom is 0.317 e. The number of aryl methyl sites for hydroxylation is 2. The molecule has 1 N–H and O–H groups in total. The largest absolute Gasteiger partial charge is 0.337 e. The summed E-state index contributed by atoms with van der Waals surface area (Å²) in [5.41, 5.74) is 3.30. The SMILES string of the molecule is CCCn1nc(C)c(CNC(=O)N2CCCC(Cn3ccnc3)C2)c1C. The number of rotatable bonds is 6. The van der Waals surface area contributed by atoms with E-state index < -0.39 is 0 Å². The van der Waals surface area contributed by atoms with Gasteiger partial charge in [-0.3, -0.25) is 4.68 Å². The molecule has 1 atom stereocenters. The van der Waals surface area contributed by atoms with Crippen molar-refractivity contribution >= 4 is 6.03 Å². The Kier molecular flexibility index (Phi) is 5.96. The molecule has 0 aromatic carbocycles. The summed E-state index contributed by atoms with van der Waals surface area (Å²) in [6, 6.07) is 0.0300. The summed E-state index contributed by atoms with van der Waals surface area (Å²) in [5.74, 6) is 0.486. The first-order valence-electron chi connectivity index (χ1n) is 9.59. The van der Waals surface area contributed by atoms with Gasteiger partial charge in [-0.1, -0.05) is 6.92 Å². The van der Waals surface area contributed by atoms with Crippen molar-refractivity contribution in [3.8, 4) is 0 Å². The predicted octanol–water partition coefficient (Wildman–Crippen LogP) is 2.73. The lowest BCUT2D eigenvalue weighted by molar-refractivity contribution is 0.159. The van der Waals surface area contributed by atoms with Gasteiger partial charge in [0.25, 0.3) is 0 Å². The lowest BCUT2D eigenvalue weighted by Crippen LogP contribution is -2.46. The third kappa shape index (κ3) is 4.26. The van der Waals surface area contributed by atoms with Crippen LogP contribution in [0.3, 0.4) is 0 Å². The normalized spacial score (nSPS) is 17.5. The zero-order valence-electron chi connectivity index (χ0n) is 16.1. The van der Waals surface area contributed by atoms with Crippen molar-refractivity contribution in [1.29, 1.82) is 0 Å². The summed E-state index contributed by atoms with van der Waals surface area (Å²) in [4.78, 5) is 18.7. The Morgan fingerprint density at radius 2 is 2.23 bits per heavy atom. The van der Waals surface area contributed by atoms with Crippen molar-refractivity contribution in [2.75, 3.05) is 13.1 Å². The second-order valence-corrected chi connectivity index (χ2v) is 7.24. The highest BCUT2D eigenvalue weighted by molar-refractivity contribution is 5.74. The van der Waals surface area contributed by atoms with Gasteiger partial charge in [0.1, 0.15) is 0 Å². The first-order valence-corrected chi connectivity index (χ1v) is 9.59. The molecule has 1 unspecified atom stereocenters. The number of likely N-dealkylation sites (tertiary alicyclic amines) is 1. The maximum atomic E-state index is 12.6. The minimum Gasteiger partial charge on any atom is -0.337 e. The van der Waals surface area contributed by atoms with Crippen molar-refractivity contribution in [3.05, 3.63) is 35.7 Å². The maximum absolute atomic E-state index is 12.6. The summed E-state index contributed by atoms with van der Waals surface area (Å²) in [6.07, 6.45) is 8.90. The van der Waals surface area contributed by atoms with Gasteiger partial charge in [0.2, 0.25) is 0 Å². The Morgan fingerprint density at radius 3 is 2.96 bits per heavy atom. The van der Waals surface area contributed by atoms with E-state index in [2.05, 4.69) is 33.8 Å². The van der Waals surface area contributed by atoms with Gasteiger partial charge in [-0.15, -0.1) is 0 Å². The summed E-state index contributed by atoms with van der Waals surface area (Å²) in [6.45, 7) is 10.3. The van der Waals surface area contributed by atoms with E-state index in [1.165, 1.54) is 0 Å². The van der Waals surface area contributed by atoms with E-state index in [1.807, 2.05) is 29.0 Å².